The molecule has 1 aromatic carbocycles. The number of carbonyl (C=O) groups is 2. The fourth-order valence-electron chi connectivity index (χ4n) is 4.99. The number of carboxylic acid groups (broad SMARTS) is 1. The van der Waals surface area contributed by atoms with E-state index < -0.39 is 24.1 Å². The lowest BCUT2D eigenvalue weighted by molar-refractivity contribution is -0.138. The Balaban J connectivity index is 2.23. The first-order chi connectivity index (χ1) is 12.1. The van der Waals surface area contributed by atoms with Crippen LogP contribution in [0.25, 0.3) is 0 Å². The number of carboxylic acids is 1. The molecule has 1 fully saturated rings. The Morgan fingerprint density at radius 2 is 2.00 bits per heavy atom. The van der Waals surface area contributed by atoms with Gasteiger partial charge in [-0.05, 0) is 54.2 Å². The molecular weight excluding hydrogens is 332 g/mol. The summed E-state index contributed by atoms with van der Waals surface area (Å²) >= 11 is 0. The zero-order valence-electron chi connectivity index (χ0n) is 16.2. The number of benzene rings is 1. The molecule has 142 valence electrons. The highest BCUT2D eigenvalue weighted by Crippen LogP contribution is 2.51. The Hall–Kier alpha value is -1.88. The molecule has 1 aromatic rings. The van der Waals surface area contributed by atoms with Gasteiger partial charge in [-0.2, -0.15) is 0 Å². The molecule has 3 rings (SSSR count). The molecule has 0 amide bonds. The van der Waals surface area contributed by atoms with Crippen LogP contribution in [0.2, 0.25) is 0 Å². The molecule has 26 heavy (non-hydrogen) atoms. The molecule has 2 aliphatic rings. The predicted octanol–water partition coefficient (Wildman–Crippen LogP) is 4.55. The van der Waals surface area contributed by atoms with Gasteiger partial charge in [0.05, 0.1) is 11.5 Å². The first-order valence-corrected chi connectivity index (χ1v) is 9.23. The third-order valence-corrected chi connectivity index (χ3v) is 6.08. The van der Waals surface area contributed by atoms with Crippen LogP contribution in [0, 0.1) is 5.41 Å². The van der Waals surface area contributed by atoms with E-state index in [2.05, 4.69) is 20.8 Å². The normalized spacial score (nSPS) is 28.3. The number of ether oxygens (including phenoxy) is 2. The molecular formula is C21H28O5. The van der Waals surface area contributed by atoms with Crippen LogP contribution >= 0.6 is 0 Å². The van der Waals surface area contributed by atoms with Gasteiger partial charge in [0.1, 0.15) is 0 Å². The highest BCUT2D eigenvalue weighted by molar-refractivity contribution is 5.95. The topological polar surface area (TPSA) is 72.8 Å². The lowest BCUT2D eigenvalue weighted by atomic mass is 9.60. The average molecular weight is 360 g/mol. The van der Waals surface area contributed by atoms with E-state index in [1.54, 1.807) is 13.0 Å². The van der Waals surface area contributed by atoms with Crippen LogP contribution in [-0.4, -0.2) is 24.2 Å². The van der Waals surface area contributed by atoms with Crippen LogP contribution in [0.1, 0.15) is 92.6 Å². The van der Waals surface area contributed by atoms with Gasteiger partial charge in [0, 0.05) is 12.7 Å². The first kappa shape index (κ1) is 18.9. The molecule has 0 radical (unpaired) electrons. The second-order valence-corrected chi connectivity index (χ2v) is 8.78. The number of cyclic esters (lactones) is 1. The Morgan fingerprint density at radius 1 is 1.31 bits per heavy atom. The van der Waals surface area contributed by atoms with Crippen molar-refractivity contribution in [3.05, 3.63) is 34.4 Å². The third kappa shape index (κ3) is 3.02. The lowest BCUT2D eigenvalue weighted by Crippen LogP contribution is -2.36. The summed E-state index contributed by atoms with van der Waals surface area (Å²) < 4.78 is 10.7. The van der Waals surface area contributed by atoms with Crippen molar-refractivity contribution in [3.8, 4) is 0 Å². The van der Waals surface area contributed by atoms with Gasteiger partial charge in [0.25, 0.3) is 0 Å². The van der Waals surface area contributed by atoms with E-state index in [4.69, 9.17) is 9.47 Å². The fourth-order valence-corrected chi connectivity index (χ4v) is 4.99. The zero-order chi connectivity index (χ0) is 19.3. The number of esters is 1. The van der Waals surface area contributed by atoms with Gasteiger partial charge < -0.3 is 14.6 Å². The van der Waals surface area contributed by atoms with Gasteiger partial charge in [-0.25, -0.2) is 4.79 Å². The summed E-state index contributed by atoms with van der Waals surface area (Å²) in [6, 6.07) is 3.71. The molecule has 1 aliphatic heterocycles. The van der Waals surface area contributed by atoms with E-state index in [1.165, 1.54) is 13.5 Å². The zero-order valence-corrected chi connectivity index (χ0v) is 16.2. The van der Waals surface area contributed by atoms with Gasteiger partial charge in [-0.15, -0.1) is 0 Å². The number of fused-ring (bicyclic) bond motifs is 1. The lowest BCUT2D eigenvalue weighted by Gasteiger charge is -2.44. The van der Waals surface area contributed by atoms with Gasteiger partial charge in [-0.1, -0.05) is 33.3 Å². The molecule has 3 atom stereocenters. The van der Waals surface area contributed by atoms with Crippen molar-refractivity contribution in [2.75, 3.05) is 7.11 Å². The van der Waals surface area contributed by atoms with Crippen LogP contribution in [0.4, 0.5) is 0 Å². The summed E-state index contributed by atoms with van der Waals surface area (Å²) in [6.07, 6.45) is 3.41. The minimum atomic E-state index is -0.910. The molecule has 0 aromatic heterocycles. The summed E-state index contributed by atoms with van der Waals surface area (Å²) in [7, 11) is 1.47. The second kappa shape index (κ2) is 6.38. The van der Waals surface area contributed by atoms with E-state index in [1.807, 2.05) is 6.07 Å². The monoisotopic (exact) mass is 360 g/mol. The maximum atomic E-state index is 12.2. The number of methoxy groups -OCH3 is 1. The number of rotatable bonds is 4. The summed E-state index contributed by atoms with van der Waals surface area (Å²) in [6.45, 7) is 8.42. The van der Waals surface area contributed by atoms with Crippen LogP contribution in [0.5, 0.6) is 0 Å². The maximum absolute atomic E-state index is 12.2. The maximum Gasteiger partial charge on any atom is 0.341 e. The Kier molecular flexibility index (Phi) is 4.63. The Bertz CT molecular complexity index is 751. The van der Waals surface area contributed by atoms with Crippen molar-refractivity contribution >= 4 is 11.9 Å². The summed E-state index contributed by atoms with van der Waals surface area (Å²) in [5, 5.41) is 9.73. The van der Waals surface area contributed by atoms with Crippen LogP contribution in [0.3, 0.4) is 0 Å². The van der Waals surface area contributed by atoms with Crippen LogP contribution in [-0.2, 0) is 19.7 Å². The summed E-state index contributed by atoms with van der Waals surface area (Å²) in [5.41, 5.74) is 2.77. The van der Waals surface area contributed by atoms with Crippen LogP contribution in [0.15, 0.2) is 12.1 Å². The number of aliphatic carboxylic acids is 1. The highest BCUT2D eigenvalue weighted by atomic mass is 16.7. The van der Waals surface area contributed by atoms with E-state index in [0.29, 0.717) is 16.7 Å². The molecule has 0 bridgehead atoms. The first-order valence-electron chi connectivity index (χ1n) is 9.23. The molecule has 5 nitrogen and oxygen atoms in total. The summed E-state index contributed by atoms with van der Waals surface area (Å²) in [5.74, 6) is -2.10. The minimum Gasteiger partial charge on any atom is -0.481 e. The van der Waals surface area contributed by atoms with Crippen molar-refractivity contribution in [2.24, 2.45) is 5.41 Å². The highest BCUT2D eigenvalue weighted by Gasteiger charge is 2.44. The van der Waals surface area contributed by atoms with E-state index in [-0.39, 0.29) is 10.8 Å². The van der Waals surface area contributed by atoms with Crippen LogP contribution < -0.4 is 0 Å². The van der Waals surface area contributed by atoms with Gasteiger partial charge >= 0.3 is 11.9 Å². The van der Waals surface area contributed by atoms with E-state index in [0.717, 1.165) is 24.8 Å². The number of carbonyl (C=O) groups excluding carboxylic acids is 1. The van der Waals surface area contributed by atoms with Crippen molar-refractivity contribution in [1.82, 2.24) is 0 Å². The minimum absolute atomic E-state index is 0.139. The van der Waals surface area contributed by atoms with Crippen molar-refractivity contribution in [1.29, 1.82) is 0 Å². The largest absolute Gasteiger partial charge is 0.481 e. The fraction of sp³-hybridized carbons (Fsp3) is 0.619. The standard InChI is InChI=1S/C21H28O5/c1-12(17(22)23)15-14(21(4)10-6-9-20(2,3)11-21)8-7-13-16(15)19(25-5)26-18(13)24/h7-8,12,19H,6,9-11H2,1-5H3,(H,22,23)/t12-,19+,21+/m1/s1. The number of hydrogen-bond acceptors (Lipinski definition) is 4. The van der Waals surface area contributed by atoms with Crippen molar-refractivity contribution in [3.63, 3.8) is 0 Å². The third-order valence-electron chi connectivity index (χ3n) is 6.08. The molecule has 1 N–H and O–H groups in total. The average Bonchev–Trinajstić information content (AvgIpc) is 2.88. The Labute approximate surface area is 154 Å². The SMILES string of the molecule is CO[C@H]1OC(=O)c2ccc([C@@]3(C)CCCC(C)(C)C3)c([C@@H](C)C(=O)O)c21. The van der Waals surface area contributed by atoms with Crippen molar-refractivity contribution in [2.45, 2.75) is 71.0 Å². The predicted molar refractivity (Wildman–Crippen MR) is 97.3 cm³/mol. The quantitative estimate of drug-likeness (QED) is 0.798. The second-order valence-electron chi connectivity index (χ2n) is 8.78. The van der Waals surface area contributed by atoms with Gasteiger partial charge in [-0.3, -0.25) is 4.79 Å². The molecule has 1 heterocycles. The van der Waals surface area contributed by atoms with E-state index in [9.17, 15) is 14.7 Å². The molecule has 0 saturated heterocycles. The molecule has 0 unspecified atom stereocenters. The Morgan fingerprint density at radius 3 is 2.58 bits per heavy atom. The van der Waals surface area contributed by atoms with Gasteiger partial charge in [0.15, 0.2) is 0 Å². The molecule has 5 heteroatoms. The number of hydrogen-bond donors (Lipinski definition) is 1. The smallest absolute Gasteiger partial charge is 0.341 e. The van der Waals surface area contributed by atoms with Gasteiger partial charge in [0.2, 0.25) is 6.29 Å². The van der Waals surface area contributed by atoms with Crippen molar-refractivity contribution < 1.29 is 24.2 Å². The molecule has 0 spiro atoms. The molecule has 1 saturated carbocycles. The van der Waals surface area contributed by atoms with E-state index >= 15 is 0 Å². The summed E-state index contributed by atoms with van der Waals surface area (Å²) in [4.78, 5) is 24.1. The molecule has 1 aliphatic carbocycles.